The predicted molar refractivity (Wildman–Crippen MR) is 96.4 cm³/mol. The molecule has 1 aromatic rings. The summed E-state index contributed by atoms with van der Waals surface area (Å²) >= 11 is 0. The van der Waals surface area contributed by atoms with Crippen LogP contribution in [0.1, 0.15) is 52.0 Å². The molecule has 0 saturated heterocycles. The van der Waals surface area contributed by atoms with Crippen molar-refractivity contribution in [3.8, 4) is 5.75 Å². The number of hydrogen-bond acceptors (Lipinski definition) is 3. The fraction of sp³-hybridized carbons (Fsp3) is 0.632. The molecule has 0 heterocycles. The van der Waals surface area contributed by atoms with Crippen LogP contribution in [0, 0.1) is 0 Å². The summed E-state index contributed by atoms with van der Waals surface area (Å²) in [4.78, 5) is 12.3. The molecule has 0 unspecified atom stereocenters. The van der Waals surface area contributed by atoms with E-state index < -0.39 is 13.7 Å². The van der Waals surface area contributed by atoms with E-state index in [1.807, 2.05) is 24.3 Å². The molecule has 1 aliphatic carbocycles. The molecule has 1 aliphatic rings. The van der Waals surface area contributed by atoms with Gasteiger partial charge in [-0.3, -0.25) is 4.79 Å². The molecule has 3 nitrogen and oxygen atoms in total. The first-order chi connectivity index (χ1) is 10.6. The van der Waals surface area contributed by atoms with Crippen LogP contribution in [0.3, 0.4) is 0 Å². The molecular weight excluding hydrogens is 304 g/mol. The highest BCUT2D eigenvalue weighted by atomic mass is 28.4. The molecule has 0 bridgehead atoms. The minimum absolute atomic E-state index is 0.104. The van der Waals surface area contributed by atoms with Crippen molar-refractivity contribution in [2.24, 2.45) is 0 Å². The molecule has 23 heavy (non-hydrogen) atoms. The van der Waals surface area contributed by atoms with Crippen LogP contribution in [0.2, 0.25) is 18.1 Å². The fourth-order valence-electron chi connectivity index (χ4n) is 3.07. The topological polar surface area (TPSA) is 35.5 Å². The zero-order valence-corrected chi connectivity index (χ0v) is 16.4. The van der Waals surface area contributed by atoms with Crippen molar-refractivity contribution >= 4 is 14.3 Å². The third-order valence-corrected chi connectivity index (χ3v) is 9.98. The van der Waals surface area contributed by atoms with E-state index in [0.29, 0.717) is 0 Å². The number of carbonyl (C=O) groups is 1. The zero-order valence-electron chi connectivity index (χ0n) is 15.4. The van der Waals surface area contributed by atoms with E-state index in [1.165, 1.54) is 7.11 Å². The van der Waals surface area contributed by atoms with Crippen molar-refractivity contribution in [3.05, 3.63) is 29.8 Å². The standard InChI is InChI=1S/C19H30O3Si/c1-18(2,3)23(5,6)22-16-11-9-15(10-12-16)19(17(20)21-4)13-7-8-14-19/h9-12H,7-8,13-14H2,1-6H3. The highest BCUT2D eigenvalue weighted by Crippen LogP contribution is 2.43. The second kappa shape index (κ2) is 6.31. The number of ether oxygens (including phenoxy) is 1. The summed E-state index contributed by atoms with van der Waals surface area (Å²) in [6, 6.07) is 8.12. The molecule has 0 radical (unpaired) electrons. The molecule has 0 atom stereocenters. The van der Waals surface area contributed by atoms with Gasteiger partial charge < -0.3 is 9.16 Å². The maximum Gasteiger partial charge on any atom is 0.316 e. The Hall–Kier alpha value is -1.29. The van der Waals surface area contributed by atoms with Crippen LogP contribution in [-0.4, -0.2) is 21.4 Å². The number of benzene rings is 1. The van der Waals surface area contributed by atoms with Crippen LogP contribution in [0.25, 0.3) is 0 Å². The Kier molecular flexibility index (Phi) is 4.95. The van der Waals surface area contributed by atoms with Gasteiger partial charge in [-0.05, 0) is 48.7 Å². The largest absolute Gasteiger partial charge is 0.544 e. The van der Waals surface area contributed by atoms with Gasteiger partial charge in [-0.25, -0.2) is 0 Å². The Morgan fingerprint density at radius 1 is 1.09 bits per heavy atom. The Labute approximate surface area is 141 Å². The summed E-state index contributed by atoms with van der Waals surface area (Å²) in [5.41, 5.74) is 0.606. The lowest BCUT2D eigenvalue weighted by Gasteiger charge is -2.36. The van der Waals surface area contributed by atoms with Crippen LogP contribution in [-0.2, 0) is 14.9 Å². The predicted octanol–water partition coefficient (Wildman–Crippen LogP) is 5.06. The Morgan fingerprint density at radius 2 is 1.61 bits per heavy atom. The molecular formula is C19H30O3Si. The van der Waals surface area contributed by atoms with Gasteiger partial charge in [0.05, 0.1) is 12.5 Å². The first kappa shape index (κ1) is 18.1. The van der Waals surface area contributed by atoms with E-state index in [1.54, 1.807) is 0 Å². The lowest BCUT2D eigenvalue weighted by molar-refractivity contribution is -0.147. The normalized spacial score (nSPS) is 17.8. The summed E-state index contributed by atoms with van der Waals surface area (Å²) < 4.78 is 11.4. The average molecular weight is 335 g/mol. The van der Waals surface area contributed by atoms with Gasteiger partial charge in [-0.15, -0.1) is 0 Å². The van der Waals surface area contributed by atoms with Gasteiger partial charge in [-0.1, -0.05) is 45.7 Å². The van der Waals surface area contributed by atoms with Crippen LogP contribution < -0.4 is 4.43 Å². The number of esters is 1. The SMILES string of the molecule is COC(=O)C1(c2ccc(O[Si](C)(C)C(C)(C)C)cc2)CCCC1. The van der Waals surface area contributed by atoms with E-state index in [-0.39, 0.29) is 11.0 Å². The van der Waals surface area contributed by atoms with Crippen molar-refractivity contribution in [1.29, 1.82) is 0 Å². The summed E-state index contributed by atoms with van der Waals surface area (Å²) in [6.07, 6.45) is 3.92. The van der Waals surface area contributed by atoms with Crippen LogP contribution in [0.4, 0.5) is 0 Å². The monoisotopic (exact) mass is 334 g/mol. The molecule has 0 spiro atoms. The third-order valence-electron chi connectivity index (χ3n) is 5.62. The van der Waals surface area contributed by atoms with Crippen molar-refractivity contribution in [3.63, 3.8) is 0 Å². The van der Waals surface area contributed by atoms with Crippen molar-refractivity contribution < 1.29 is 14.0 Å². The number of rotatable bonds is 4. The van der Waals surface area contributed by atoms with E-state index in [4.69, 9.17) is 9.16 Å². The first-order valence-electron chi connectivity index (χ1n) is 8.50. The minimum atomic E-state index is -1.83. The summed E-state index contributed by atoms with van der Waals surface area (Å²) in [6.45, 7) is 11.2. The smallest absolute Gasteiger partial charge is 0.316 e. The molecule has 128 valence electrons. The molecule has 0 N–H and O–H groups in total. The van der Waals surface area contributed by atoms with E-state index >= 15 is 0 Å². The Bertz CT molecular complexity index is 549. The molecule has 1 saturated carbocycles. The van der Waals surface area contributed by atoms with Crippen molar-refractivity contribution in [2.75, 3.05) is 7.11 Å². The molecule has 2 rings (SSSR count). The Morgan fingerprint density at radius 3 is 2.04 bits per heavy atom. The second-order valence-corrected chi connectivity index (χ2v) is 12.9. The second-order valence-electron chi connectivity index (χ2n) is 8.17. The number of carbonyl (C=O) groups excluding carboxylic acids is 1. The molecule has 4 heteroatoms. The van der Waals surface area contributed by atoms with Crippen LogP contribution >= 0.6 is 0 Å². The number of hydrogen-bond donors (Lipinski definition) is 0. The lowest BCUT2D eigenvalue weighted by atomic mass is 9.79. The minimum Gasteiger partial charge on any atom is -0.544 e. The van der Waals surface area contributed by atoms with Crippen LogP contribution in [0.5, 0.6) is 5.75 Å². The molecule has 0 amide bonds. The van der Waals surface area contributed by atoms with Gasteiger partial charge >= 0.3 is 5.97 Å². The van der Waals surface area contributed by atoms with E-state index in [2.05, 4.69) is 33.9 Å². The average Bonchev–Trinajstić information content (AvgIpc) is 2.96. The summed E-state index contributed by atoms with van der Waals surface area (Å²) in [5, 5.41) is 0.171. The van der Waals surface area contributed by atoms with E-state index in [0.717, 1.165) is 37.0 Å². The van der Waals surface area contributed by atoms with Gasteiger partial charge in [0.15, 0.2) is 0 Å². The van der Waals surface area contributed by atoms with Crippen molar-refractivity contribution in [2.45, 2.75) is 70.0 Å². The summed E-state index contributed by atoms with van der Waals surface area (Å²) in [7, 11) is -0.350. The first-order valence-corrected chi connectivity index (χ1v) is 11.4. The molecule has 1 aromatic carbocycles. The zero-order chi connectivity index (χ0) is 17.3. The molecule has 0 aliphatic heterocycles. The highest BCUT2D eigenvalue weighted by molar-refractivity contribution is 6.74. The summed E-state index contributed by atoms with van der Waals surface area (Å²) in [5.74, 6) is 0.798. The Balaban J connectivity index is 2.24. The number of methoxy groups -OCH3 is 1. The van der Waals surface area contributed by atoms with Gasteiger partial charge in [-0.2, -0.15) is 0 Å². The van der Waals surface area contributed by atoms with Crippen LogP contribution in [0.15, 0.2) is 24.3 Å². The fourth-order valence-corrected chi connectivity index (χ4v) is 4.11. The van der Waals surface area contributed by atoms with Crippen molar-refractivity contribution in [1.82, 2.24) is 0 Å². The molecule has 1 fully saturated rings. The van der Waals surface area contributed by atoms with Gasteiger partial charge in [0.25, 0.3) is 0 Å². The van der Waals surface area contributed by atoms with Gasteiger partial charge in [0.2, 0.25) is 8.32 Å². The lowest BCUT2D eigenvalue weighted by Crippen LogP contribution is -2.43. The maximum absolute atomic E-state index is 12.3. The molecule has 0 aromatic heterocycles. The van der Waals surface area contributed by atoms with E-state index in [9.17, 15) is 4.79 Å². The quantitative estimate of drug-likeness (QED) is 0.570. The highest BCUT2D eigenvalue weighted by Gasteiger charge is 2.44. The van der Waals surface area contributed by atoms with Gasteiger partial charge in [0.1, 0.15) is 5.75 Å². The third kappa shape index (κ3) is 3.47. The maximum atomic E-state index is 12.3. The van der Waals surface area contributed by atoms with Gasteiger partial charge in [0, 0.05) is 0 Å².